The number of halogens is 1. The summed E-state index contributed by atoms with van der Waals surface area (Å²) in [6.07, 6.45) is 3.40. The molecule has 0 saturated carbocycles. The average Bonchev–Trinajstić information content (AvgIpc) is 3.03. The highest BCUT2D eigenvalue weighted by atomic mass is 19.1. The van der Waals surface area contributed by atoms with Gasteiger partial charge in [-0.05, 0) is 39.3 Å². The summed E-state index contributed by atoms with van der Waals surface area (Å²) in [6, 6.07) is 3.80. The molecule has 0 atom stereocenters. The third-order valence-corrected chi connectivity index (χ3v) is 4.73. The van der Waals surface area contributed by atoms with Crippen LogP contribution in [0, 0.1) is 15.9 Å². The molecule has 2 heterocycles. The average molecular weight is 347 g/mol. The molecule has 1 aromatic heterocycles. The zero-order chi connectivity index (χ0) is 18.4. The molecule has 0 amide bonds. The summed E-state index contributed by atoms with van der Waals surface area (Å²) < 4.78 is 27.0. The Morgan fingerprint density at radius 1 is 1.28 bits per heavy atom. The Kier molecular flexibility index (Phi) is 4.16. The lowest BCUT2D eigenvalue weighted by atomic mass is 9.82. The van der Waals surface area contributed by atoms with Gasteiger partial charge in [0.2, 0.25) is 5.82 Å². The van der Waals surface area contributed by atoms with E-state index >= 15 is 0 Å². The predicted molar refractivity (Wildman–Crippen MR) is 90.1 cm³/mol. The van der Waals surface area contributed by atoms with Crippen LogP contribution in [0.5, 0.6) is 0 Å². The first-order valence-corrected chi connectivity index (χ1v) is 7.90. The fourth-order valence-electron chi connectivity index (χ4n) is 2.55. The van der Waals surface area contributed by atoms with Crippen LogP contribution < -0.4 is 5.46 Å². The molecule has 2 aromatic rings. The fourth-order valence-corrected chi connectivity index (χ4v) is 2.55. The molecule has 25 heavy (non-hydrogen) atoms. The Balaban J connectivity index is 1.77. The smallest absolute Gasteiger partial charge is 0.399 e. The minimum Gasteiger partial charge on any atom is -0.399 e. The van der Waals surface area contributed by atoms with E-state index < -0.39 is 34.7 Å². The number of benzene rings is 1. The number of aromatic nitrogens is 2. The van der Waals surface area contributed by atoms with Crippen molar-refractivity contribution in [2.45, 2.75) is 45.4 Å². The van der Waals surface area contributed by atoms with Crippen LogP contribution in [0.25, 0.3) is 0 Å². The van der Waals surface area contributed by atoms with Crippen molar-refractivity contribution in [3.8, 4) is 0 Å². The van der Waals surface area contributed by atoms with Crippen molar-refractivity contribution in [1.82, 2.24) is 9.78 Å². The maximum Gasteiger partial charge on any atom is 0.498 e. The number of hydrogen-bond donors (Lipinski definition) is 0. The first kappa shape index (κ1) is 17.6. The zero-order valence-electron chi connectivity index (χ0n) is 14.5. The lowest BCUT2D eigenvalue weighted by Gasteiger charge is -2.32. The SMILES string of the molecule is CC1(C)OB(c2cnn(Cc3ccc(F)c([N+](=O)[O-])c3)c2)OC1(C)C. The van der Waals surface area contributed by atoms with Crippen LogP contribution >= 0.6 is 0 Å². The standard InChI is InChI=1S/C16H19BFN3O4/c1-15(2)16(3,4)25-17(24-15)12-8-19-20(10-12)9-11-5-6-13(18)14(7-11)21(22)23/h5-8,10H,9H2,1-4H3. The quantitative estimate of drug-likeness (QED) is 0.482. The summed E-state index contributed by atoms with van der Waals surface area (Å²) in [5.74, 6) is -0.855. The summed E-state index contributed by atoms with van der Waals surface area (Å²) in [5, 5.41) is 15.1. The normalized spacial score (nSPS) is 18.5. The summed E-state index contributed by atoms with van der Waals surface area (Å²) >= 11 is 0. The third-order valence-electron chi connectivity index (χ3n) is 4.73. The van der Waals surface area contributed by atoms with Crippen LogP contribution in [0.15, 0.2) is 30.6 Å². The van der Waals surface area contributed by atoms with E-state index in [1.165, 1.54) is 12.1 Å². The number of nitro groups is 1. The molecule has 0 bridgehead atoms. The van der Waals surface area contributed by atoms with Gasteiger partial charge in [0.15, 0.2) is 0 Å². The van der Waals surface area contributed by atoms with Crippen molar-refractivity contribution >= 4 is 18.3 Å². The number of hydrogen-bond acceptors (Lipinski definition) is 5. The van der Waals surface area contributed by atoms with Crippen molar-refractivity contribution in [3.63, 3.8) is 0 Å². The second kappa shape index (κ2) is 5.92. The maximum atomic E-state index is 13.4. The molecule has 0 aliphatic carbocycles. The summed E-state index contributed by atoms with van der Waals surface area (Å²) in [4.78, 5) is 10.1. The lowest BCUT2D eigenvalue weighted by Crippen LogP contribution is -2.41. The maximum absolute atomic E-state index is 13.4. The van der Waals surface area contributed by atoms with Crippen LogP contribution in [0.1, 0.15) is 33.3 Å². The predicted octanol–water partition coefficient (Wildman–Crippen LogP) is 2.28. The van der Waals surface area contributed by atoms with Crippen LogP contribution in [-0.4, -0.2) is 33.0 Å². The van der Waals surface area contributed by atoms with E-state index in [1.54, 1.807) is 17.1 Å². The second-order valence-corrected chi connectivity index (χ2v) is 7.10. The number of nitro benzene ring substituents is 1. The van der Waals surface area contributed by atoms with E-state index in [2.05, 4.69) is 5.10 Å². The molecule has 1 aromatic carbocycles. The van der Waals surface area contributed by atoms with Gasteiger partial charge in [-0.1, -0.05) is 6.07 Å². The van der Waals surface area contributed by atoms with Gasteiger partial charge in [0, 0.05) is 23.9 Å². The van der Waals surface area contributed by atoms with E-state index in [-0.39, 0.29) is 6.54 Å². The Hall–Kier alpha value is -2.26. The minimum absolute atomic E-state index is 0.278. The van der Waals surface area contributed by atoms with Gasteiger partial charge in [0.05, 0.1) is 22.7 Å². The Bertz CT molecular complexity index is 805. The molecule has 0 N–H and O–H groups in total. The van der Waals surface area contributed by atoms with Gasteiger partial charge in [-0.3, -0.25) is 14.8 Å². The molecule has 9 heteroatoms. The number of nitrogens with zero attached hydrogens (tertiary/aromatic N) is 3. The van der Waals surface area contributed by atoms with Crippen molar-refractivity contribution < 1.29 is 18.6 Å². The number of rotatable bonds is 4. The topological polar surface area (TPSA) is 79.4 Å². The van der Waals surface area contributed by atoms with E-state index in [9.17, 15) is 14.5 Å². The van der Waals surface area contributed by atoms with E-state index in [1.807, 2.05) is 27.7 Å². The molecule has 132 valence electrons. The van der Waals surface area contributed by atoms with Gasteiger partial charge in [-0.25, -0.2) is 0 Å². The fraction of sp³-hybridized carbons (Fsp3) is 0.438. The van der Waals surface area contributed by atoms with Gasteiger partial charge in [0.1, 0.15) is 0 Å². The molecule has 3 rings (SSSR count). The largest absolute Gasteiger partial charge is 0.498 e. The summed E-state index contributed by atoms with van der Waals surface area (Å²) in [5.41, 5.74) is -0.0999. The molecule has 7 nitrogen and oxygen atoms in total. The Labute approximate surface area is 145 Å². The molecule has 1 aliphatic rings. The first-order valence-electron chi connectivity index (χ1n) is 7.90. The lowest BCUT2D eigenvalue weighted by molar-refractivity contribution is -0.387. The van der Waals surface area contributed by atoms with Gasteiger partial charge >= 0.3 is 12.8 Å². The molecular formula is C16H19BFN3O4. The zero-order valence-corrected chi connectivity index (χ0v) is 14.5. The molecule has 1 aliphatic heterocycles. The molecule has 0 spiro atoms. The molecular weight excluding hydrogens is 328 g/mol. The highest BCUT2D eigenvalue weighted by Gasteiger charge is 2.52. The van der Waals surface area contributed by atoms with Crippen LogP contribution in [-0.2, 0) is 15.9 Å². The van der Waals surface area contributed by atoms with Crippen molar-refractivity contribution in [2.24, 2.45) is 0 Å². The third kappa shape index (κ3) is 3.29. The highest BCUT2D eigenvalue weighted by Crippen LogP contribution is 2.36. The molecule has 1 fully saturated rings. The molecule has 0 radical (unpaired) electrons. The minimum atomic E-state index is -0.855. The van der Waals surface area contributed by atoms with Crippen molar-refractivity contribution in [2.75, 3.05) is 0 Å². The Morgan fingerprint density at radius 2 is 1.92 bits per heavy atom. The van der Waals surface area contributed by atoms with Gasteiger partial charge in [-0.15, -0.1) is 0 Å². The molecule has 0 unspecified atom stereocenters. The van der Waals surface area contributed by atoms with Crippen LogP contribution in [0.3, 0.4) is 0 Å². The second-order valence-electron chi connectivity index (χ2n) is 7.10. The Morgan fingerprint density at radius 3 is 2.52 bits per heavy atom. The van der Waals surface area contributed by atoms with Gasteiger partial charge in [-0.2, -0.15) is 9.49 Å². The van der Waals surface area contributed by atoms with Crippen LogP contribution in [0.4, 0.5) is 10.1 Å². The van der Waals surface area contributed by atoms with E-state index in [0.717, 1.165) is 11.5 Å². The summed E-state index contributed by atoms with van der Waals surface area (Å²) in [7, 11) is -0.527. The monoisotopic (exact) mass is 347 g/mol. The summed E-state index contributed by atoms with van der Waals surface area (Å²) in [6.45, 7) is 8.15. The van der Waals surface area contributed by atoms with Gasteiger partial charge < -0.3 is 9.31 Å². The molecule has 1 saturated heterocycles. The van der Waals surface area contributed by atoms with Crippen molar-refractivity contribution in [3.05, 3.63) is 52.1 Å². The van der Waals surface area contributed by atoms with Gasteiger partial charge in [0.25, 0.3) is 0 Å². The highest BCUT2D eigenvalue weighted by molar-refractivity contribution is 6.61. The van der Waals surface area contributed by atoms with Crippen LogP contribution in [0.2, 0.25) is 0 Å². The van der Waals surface area contributed by atoms with E-state index in [0.29, 0.717) is 5.56 Å². The van der Waals surface area contributed by atoms with Crippen molar-refractivity contribution in [1.29, 1.82) is 0 Å². The first-order chi connectivity index (χ1) is 11.6. The van der Waals surface area contributed by atoms with E-state index in [4.69, 9.17) is 9.31 Å².